The van der Waals surface area contributed by atoms with E-state index in [2.05, 4.69) is 20.8 Å². The van der Waals surface area contributed by atoms with Crippen molar-refractivity contribution in [2.45, 2.75) is 19.8 Å². The lowest BCUT2D eigenvalue weighted by Gasteiger charge is -2.15. The van der Waals surface area contributed by atoms with Crippen molar-refractivity contribution in [2.75, 3.05) is 11.4 Å². The van der Waals surface area contributed by atoms with Crippen LogP contribution in [0.15, 0.2) is 18.2 Å². The maximum atomic E-state index is 10.8. The minimum Gasteiger partial charge on any atom is -0.275 e. The van der Waals surface area contributed by atoms with E-state index in [1.807, 2.05) is 12.1 Å². The SMILES string of the molecule is [CH2]c1cc(C(C)C)cc(N(C)[SH](=O)=O)c1. The van der Waals surface area contributed by atoms with E-state index in [0.29, 0.717) is 11.6 Å². The van der Waals surface area contributed by atoms with Crippen molar-refractivity contribution in [3.05, 3.63) is 36.2 Å². The molecule has 0 atom stereocenters. The topological polar surface area (TPSA) is 37.4 Å². The molecule has 0 heterocycles. The van der Waals surface area contributed by atoms with Crippen LogP contribution in [0.2, 0.25) is 0 Å². The zero-order valence-corrected chi connectivity index (χ0v) is 10.1. The van der Waals surface area contributed by atoms with Crippen LogP contribution in [-0.4, -0.2) is 15.5 Å². The van der Waals surface area contributed by atoms with Crippen LogP contribution in [-0.2, 0) is 10.9 Å². The molecule has 0 aliphatic carbocycles. The monoisotopic (exact) mass is 226 g/mol. The van der Waals surface area contributed by atoms with Crippen molar-refractivity contribution >= 4 is 16.6 Å². The fraction of sp³-hybridized carbons (Fsp3) is 0.364. The lowest BCUT2D eigenvalue weighted by Crippen LogP contribution is -2.14. The van der Waals surface area contributed by atoms with Crippen molar-refractivity contribution in [1.29, 1.82) is 0 Å². The summed E-state index contributed by atoms with van der Waals surface area (Å²) in [6.07, 6.45) is 0. The van der Waals surface area contributed by atoms with Gasteiger partial charge in [0.05, 0.1) is 5.69 Å². The molecule has 0 unspecified atom stereocenters. The largest absolute Gasteiger partial charge is 0.275 e. The summed E-state index contributed by atoms with van der Waals surface area (Å²) < 4.78 is 22.9. The molecule has 4 heteroatoms. The number of hydrogen-bond acceptors (Lipinski definition) is 2. The van der Waals surface area contributed by atoms with Gasteiger partial charge in [0.25, 0.3) is 0 Å². The van der Waals surface area contributed by atoms with Crippen LogP contribution >= 0.6 is 0 Å². The molecule has 0 aliphatic heterocycles. The van der Waals surface area contributed by atoms with E-state index in [1.165, 1.54) is 11.4 Å². The Bertz CT molecular complexity index is 417. The molecule has 3 nitrogen and oxygen atoms in total. The van der Waals surface area contributed by atoms with Crippen molar-refractivity contribution in [2.24, 2.45) is 0 Å². The van der Waals surface area contributed by atoms with Gasteiger partial charge < -0.3 is 0 Å². The molecule has 15 heavy (non-hydrogen) atoms. The number of thiol groups is 1. The Morgan fingerprint density at radius 1 is 1.27 bits per heavy atom. The summed E-state index contributed by atoms with van der Waals surface area (Å²) >= 11 is 0. The van der Waals surface area contributed by atoms with Gasteiger partial charge in [0, 0.05) is 7.05 Å². The highest BCUT2D eigenvalue weighted by molar-refractivity contribution is 7.74. The van der Waals surface area contributed by atoms with Gasteiger partial charge in [0.15, 0.2) is 0 Å². The number of rotatable bonds is 3. The average molecular weight is 226 g/mol. The molecule has 0 fully saturated rings. The molecule has 83 valence electrons. The summed E-state index contributed by atoms with van der Waals surface area (Å²) in [6.45, 7) is 7.97. The molecule has 0 aliphatic rings. The second-order valence-electron chi connectivity index (χ2n) is 3.85. The van der Waals surface area contributed by atoms with E-state index in [0.717, 1.165) is 11.1 Å². The second-order valence-corrected chi connectivity index (χ2v) is 4.92. The summed E-state index contributed by atoms with van der Waals surface area (Å²) in [4.78, 5) is 0. The van der Waals surface area contributed by atoms with Crippen molar-refractivity contribution in [3.8, 4) is 0 Å². The van der Waals surface area contributed by atoms with E-state index < -0.39 is 10.9 Å². The maximum Gasteiger partial charge on any atom is 0.224 e. The molecule has 0 bridgehead atoms. The summed E-state index contributed by atoms with van der Waals surface area (Å²) in [5, 5.41) is 0. The third-order valence-electron chi connectivity index (χ3n) is 2.29. The molecule has 0 spiro atoms. The predicted octanol–water partition coefficient (Wildman–Crippen LogP) is 1.95. The van der Waals surface area contributed by atoms with E-state index in [9.17, 15) is 8.42 Å². The van der Waals surface area contributed by atoms with Gasteiger partial charge in [-0.15, -0.1) is 0 Å². The molecule has 0 amide bonds. The summed E-state index contributed by atoms with van der Waals surface area (Å²) in [5.74, 6) is 0.364. The number of nitrogens with zero attached hydrogens (tertiary/aromatic N) is 1. The minimum absolute atomic E-state index is 0.364. The Balaban J connectivity index is 3.20. The van der Waals surface area contributed by atoms with E-state index in [1.54, 1.807) is 6.07 Å². The normalized spacial score (nSPS) is 11.1. The van der Waals surface area contributed by atoms with Crippen LogP contribution in [0.4, 0.5) is 5.69 Å². The van der Waals surface area contributed by atoms with Gasteiger partial charge in [0.2, 0.25) is 10.9 Å². The highest BCUT2D eigenvalue weighted by atomic mass is 32.2. The predicted molar refractivity (Wildman–Crippen MR) is 63.7 cm³/mol. The summed E-state index contributed by atoms with van der Waals surface area (Å²) in [6, 6.07) is 5.61. The van der Waals surface area contributed by atoms with Crippen molar-refractivity contribution in [1.82, 2.24) is 0 Å². The Morgan fingerprint density at radius 2 is 1.87 bits per heavy atom. The van der Waals surface area contributed by atoms with Crippen LogP contribution in [0.3, 0.4) is 0 Å². The Labute approximate surface area is 92.8 Å². The third-order valence-corrected chi connectivity index (χ3v) is 3.01. The van der Waals surface area contributed by atoms with Gasteiger partial charge in [-0.2, -0.15) is 0 Å². The molecule has 1 rings (SSSR count). The minimum atomic E-state index is -2.58. The van der Waals surface area contributed by atoms with Crippen LogP contribution < -0.4 is 4.31 Å². The first-order valence-electron chi connectivity index (χ1n) is 4.76. The number of anilines is 1. The van der Waals surface area contributed by atoms with Gasteiger partial charge in [-0.05, 0) is 36.1 Å². The van der Waals surface area contributed by atoms with Crippen LogP contribution in [0.5, 0.6) is 0 Å². The molecule has 0 saturated carbocycles. The van der Waals surface area contributed by atoms with Crippen molar-refractivity contribution in [3.63, 3.8) is 0 Å². The van der Waals surface area contributed by atoms with E-state index >= 15 is 0 Å². The van der Waals surface area contributed by atoms with Gasteiger partial charge in [0.1, 0.15) is 0 Å². The first-order chi connectivity index (χ1) is 6.91. The second kappa shape index (κ2) is 4.66. The zero-order valence-electron chi connectivity index (χ0n) is 9.23. The van der Waals surface area contributed by atoms with Gasteiger partial charge in [-0.25, -0.2) is 8.42 Å². The highest BCUT2D eigenvalue weighted by Crippen LogP contribution is 2.23. The lowest BCUT2D eigenvalue weighted by atomic mass is 10.0. The molecular formula is C11H16NO2S. The fourth-order valence-corrected chi connectivity index (χ4v) is 1.62. The molecule has 0 aromatic heterocycles. The first-order valence-corrected chi connectivity index (χ1v) is 5.90. The molecule has 1 aromatic carbocycles. The number of hydrogen-bond donors (Lipinski definition) is 1. The van der Waals surface area contributed by atoms with Crippen LogP contribution in [0, 0.1) is 6.92 Å². The average Bonchev–Trinajstić information content (AvgIpc) is 2.15. The Kier molecular flexibility index (Phi) is 3.74. The van der Waals surface area contributed by atoms with Gasteiger partial charge in [-0.1, -0.05) is 19.9 Å². The smallest absolute Gasteiger partial charge is 0.224 e. The first kappa shape index (κ1) is 12.0. The fourth-order valence-electron chi connectivity index (χ4n) is 1.31. The molecule has 1 radical (unpaired) electrons. The third kappa shape index (κ3) is 2.96. The summed E-state index contributed by atoms with van der Waals surface area (Å²) in [5.41, 5.74) is 2.60. The van der Waals surface area contributed by atoms with E-state index in [4.69, 9.17) is 0 Å². The molecule has 1 aromatic rings. The highest BCUT2D eigenvalue weighted by Gasteiger charge is 2.07. The maximum absolute atomic E-state index is 10.8. The molecule has 0 N–H and O–H groups in total. The standard InChI is InChI=1S/C11H16NO2S/c1-8(2)10-5-9(3)6-11(7-10)12(4)15(13)14/h5-8,15H,3H2,1-2,4H3. The summed E-state index contributed by atoms with van der Waals surface area (Å²) in [7, 11) is -1.04. The Morgan fingerprint density at radius 3 is 2.33 bits per heavy atom. The van der Waals surface area contributed by atoms with Crippen molar-refractivity contribution < 1.29 is 8.42 Å². The van der Waals surface area contributed by atoms with Gasteiger partial charge in [-0.3, -0.25) is 4.31 Å². The number of benzene rings is 1. The Hall–Kier alpha value is -1.03. The lowest BCUT2D eigenvalue weighted by molar-refractivity contribution is 0.613. The molecular weight excluding hydrogens is 210 g/mol. The van der Waals surface area contributed by atoms with Crippen LogP contribution in [0.25, 0.3) is 0 Å². The quantitative estimate of drug-likeness (QED) is 0.800. The molecule has 0 saturated heterocycles. The van der Waals surface area contributed by atoms with E-state index in [-0.39, 0.29) is 0 Å². The van der Waals surface area contributed by atoms with Gasteiger partial charge >= 0.3 is 0 Å². The van der Waals surface area contributed by atoms with Crippen LogP contribution in [0.1, 0.15) is 30.9 Å². The zero-order chi connectivity index (χ0) is 11.6.